The average molecular weight is 290 g/mol. The highest BCUT2D eigenvalue weighted by Gasteiger charge is 2.30. The Morgan fingerprint density at radius 3 is 2.67 bits per heavy atom. The number of ether oxygens (including phenoxy) is 1. The summed E-state index contributed by atoms with van der Waals surface area (Å²) in [6.45, 7) is 10.9. The monoisotopic (exact) mass is 290 g/mol. The summed E-state index contributed by atoms with van der Waals surface area (Å²) >= 11 is 0. The van der Waals surface area contributed by atoms with E-state index in [2.05, 4.69) is 55.3 Å². The van der Waals surface area contributed by atoms with Crippen LogP contribution in [0.4, 0.5) is 0 Å². The van der Waals surface area contributed by atoms with Crippen LogP contribution in [0, 0.1) is 12.8 Å². The zero-order valence-electron chi connectivity index (χ0n) is 13.9. The van der Waals surface area contributed by atoms with Gasteiger partial charge in [-0.2, -0.15) is 0 Å². The summed E-state index contributed by atoms with van der Waals surface area (Å²) < 4.78 is 5.32. The normalized spacial score (nSPS) is 22.4. The molecule has 3 nitrogen and oxygen atoms in total. The minimum absolute atomic E-state index is 0.400. The molecule has 0 saturated carbocycles. The molecule has 1 aromatic rings. The number of rotatable bonds is 7. The van der Waals surface area contributed by atoms with Gasteiger partial charge in [0.25, 0.3) is 0 Å². The highest BCUT2D eigenvalue weighted by atomic mass is 16.5. The Hall–Kier alpha value is -0.900. The van der Waals surface area contributed by atoms with E-state index in [-0.39, 0.29) is 0 Å². The Balaban J connectivity index is 2.05. The van der Waals surface area contributed by atoms with E-state index in [9.17, 15) is 0 Å². The molecule has 118 valence electrons. The molecule has 0 spiro atoms. The van der Waals surface area contributed by atoms with Crippen LogP contribution in [-0.2, 0) is 4.74 Å². The van der Waals surface area contributed by atoms with Crippen LogP contribution in [0.5, 0.6) is 0 Å². The maximum absolute atomic E-state index is 5.32. The topological polar surface area (TPSA) is 24.5 Å². The van der Waals surface area contributed by atoms with Crippen molar-refractivity contribution in [2.24, 2.45) is 5.92 Å². The van der Waals surface area contributed by atoms with Gasteiger partial charge in [-0.1, -0.05) is 36.8 Å². The van der Waals surface area contributed by atoms with Crippen molar-refractivity contribution in [1.29, 1.82) is 0 Å². The molecule has 0 radical (unpaired) electrons. The molecule has 1 fully saturated rings. The smallest absolute Gasteiger partial charge is 0.0503 e. The van der Waals surface area contributed by atoms with E-state index < -0.39 is 0 Å². The average Bonchev–Trinajstić information content (AvgIpc) is 2.94. The highest BCUT2D eigenvalue weighted by Crippen LogP contribution is 2.26. The van der Waals surface area contributed by atoms with Crippen LogP contribution in [0.25, 0.3) is 0 Å². The lowest BCUT2D eigenvalue weighted by molar-refractivity contribution is 0.142. The van der Waals surface area contributed by atoms with E-state index in [4.69, 9.17) is 4.74 Å². The van der Waals surface area contributed by atoms with Crippen molar-refractivity contribution in [2.75, 3.05) is 33.4 Å². The predicted molar refractivity (Wildman–Crippen MR) is 88.6 cm³/mol. The summed E-state index contributed by atoms with van der Waals surface area (Å²) in [5, 5.41) is 3.67. The van der Waals surface area contributed by atoms with Crippen LogP contribution >= 0.6 is 0 Å². The molecule has 1 heterocycles. The second kappa shape index (κ2) is 7.92. The summed E-state index contributed by atoms with van der Waals surface area (Å²) in [4.78, 5) is 2.61. The fourth-order valence-corrected chi connectivity index (χ4v) is 3.38. The Labute approximate surface area is 129 Å². The third-order valence-electron chi connectivity index (χ3n) is 4.64. The van der Waals surface area contributed by atoms with Gasteiger partial charge in [0.2, 0.25) is 0 Å². The molecule has 21 heavy (non-hydrogen) atoms. The lowest BCUT2D eigenvalue weighted by atomic mass is 9.98. The zero-order chi connectivity index (χ0) is 15.2. The first-order valence-electron chi connectivity index (χ1n) is 8.18. The fraction of sp³-hybridized carbons (Fsp3) is 0.667. The van der Waals surface area contributed by atoms with E-state index in [1.807, 2.05) is 0 Å². The standard InChI is InChI=1S/C18H30N2O/c1-5-19-18(17-8-6-14(2)7-9-17)15(3)20-11-10-16(12-20)13-21-4/h6-9,15-16,18-19H,5,10-13H2,1-4H3. The molecule has 2 rings (SSSR count). The number of nitrogens with zero attached hydrogens (tertiary/aromatic N) is 1. The first-order chi connectivity index (χ1) is 10.2. The predicted octanol–water partition coefficient (Wildman–Crippen LogP) is 3.00. The van der Waals surface area contributed by atoms with E-state index in [1.165, 1.54) is 24.1 Å². The van der Waals surface area contributed by atoms with Gasteiger partial charge in [-0.05, 0) is 44.8 Å². The van der Waals surface area contributed by atoms with Crippen LogP contribution in [0.3, 0.4) is 0 Å². The zero-order valence-corrected chi connectivity index (χ0v) is 13.9. The second-order valence-corrected chi connectivity index (χ2v) is 6.29. The molecule has 1 aliphatic heterocycles. The molecular formula is C18H30N2O. The molecule has 0 bridgehead atoms. The lowest BCUT2D eigenvalue weighted by Crippen LogP contribution is -2.42. The number of likely N-dealkylation sites (tertiary alicyclic amines) is 1. The number of benzene rings is 1. The Morgan fingerprint density at radius 2 is 2.05 bits per heavy atom. The van der Waals surface area contributed by atoms with Crippen molar-refractivity contribution in [2.45, 2.75) is 39.3 Å². The first-order valence-corrected chi connectivity index (χ1v) is 8.18. The van der Waals surface area contributed by atoms with Gasteiger partial charge in [0.15, 0.2) is 0 Å². The summed E-state index contributed by atoms with van der Waals surface area (Å²) in [7, 11) is 1.81. The van der Waals surface area contributed by atoms with Gasteiger partial charge in [0, 0.05) is 25.7 Å². The van der Waals surface area contributed by atoms with Crippen molar-refractivity contribution >= 4 is 0 Å². The summed E-state index contributed by atoms with van der Waals surface area (Å²) in [5.41, 5.74) is 2.72. The summed E-state index contributed by atoms with van der Waals surface area (Å²) in [5.74, 6) is 0.692. The largest absolute Gasteiger partial charge is 0.384 e. The Bertz CT molecular complexity index is 418. The van der Waals surface area contributed by atoms with Gasteiger partial charge in [-0.25, -0.2) is 0 Å². The third kappa shape index (κ3) is 4.29. The van der Waals surface area contributed by atoms with Crippen LogP contribution in [-0.4, -0.2) is 44.3 Å². The summed E-state index contributed by atoms with van der Waals surface area (Å²) in [6.07, 6.45) is 1.25. The lowest BCUT2D eigenvalue weighted by Gasteiger charge is -2.33. The SMILES string of the molecule is CCNC(c1ccc(C)cc1)C(C)N1CCC(COC)C1. The molecular weight excluding hydrogens is 260 g/mol. The maximum atomic E-state index is 5.32. The van der Waals surface area contributed by atoms with E-state index in [1.54, 1.807) is 7.11 Å². The first kappa shape index (κ1) is 16.5. The van der Waals surface area contributed by atoms with Gasteiger partial charge in [0.1, 0.15) is 0 Å². The van der Waals surface area contributed by atoms with Crippen molar-refractivity contribution in [3.8, 4) is 0 Å². The fourth-order valence-electron chi connectivity index (χ4n) is 3.38. The van der Waals surface area contributed by atoms with Gasteiger partial charge < -0.3 is 10.1 Å². The Morgan fingerprint density at radius 1 is 1.33 bits per heavy atom. The van der Waals surface area contributed by atoms with E-state index in [0.717, 1.165) is 19.7 Å². The molecule has 0 aromatic heterocycles. The van der Waals surface area contributed by atoms with Crippen LogP contribution < -0.4 is 5.32 Å². The van der Waals surface area contributed by atoms with Crippen molar-refractivity contribution in [3.63, 3.8) is 0 Å². The molecule has 3 unspecified atom stereocenters. The molecule has 0 amide bonds. The number of hydrogen-bond donors (Lipinski definition) is 1. The van der Waals surface area contributed by atoms with Gasteiger partial charge in [-0.15, -0.1) is 0 Å². The highest BCUT2D eigenvalue weighted by molar-refractivity contribution is 5.25. The van der Waals surface area contributed by atoms with E-state index in [0.29, 0.717) is 18.0 Å². The molecule has 1 N–H and O–H groups in total. The Kier molecular flexibility index (Phi) is 6.22. The van der Waals surface area contributed by atoms with Crippen LogP contribution in [0.1, 0.15) is 37.4 Å². The molecule has 3 heteroatoms. The molecule has 1 saturated heterocycles. The van der Waals surface area contributed by atoms with Crippen molar-refractivity contribution in [1.82, 2.24) is 10.2 Å². The molecule has 1 aromatic carbocycles. The quantitative estimate of drug-likeness (QED) is 0.835. The third-order valence-corrected chi connectivity index (χ3v) is 4.64. The second-order valence-electron chi connectivity index (χ2n) is 6.29. The maximum Gasteiger partial charge on any atom is 0.0503 e. The van der Waals surface area contributed by atoms with Crippen LogP contribution in [0.2, 0.25) is 0 Å². The van der Waals surface area contributed by atoms with E-state index >= 15 is 0 Å². The number of hydrogen-bond acceptors (Lipinski definition) is 3. The minimum atomic E-state index is 0.400. The van der Waals surface area contributed by atoms with Gasteiger partial charge in [0.05, 0.1) is 6.61 Å². The molecule has 1 aliphatic rings. The van der Waals surface area contributed by atoms with Crippen LogP contribution in [0.15, 0.2) is 24.3 Å². The number of methoxy groups -OCH3 is 1. The minimum Gasteiger partial charge on any atom is -0.384 e. The number of aryl methyl sites for hydroxylation is 1. The number of likely N-dealkylation sites (N-methyl/N-ethyl adjacent to an activating group) is 1. The van der Waals surface area contributed by atoms with Gasteiger partial charge >= 0.3 is 0 Å². The van der Waals surface area contributed by atoms with Gasteiger partial charge in [-0.3, -0.25) is 4.90 Å². The molecule has 3 atom stereocenters. The van der Waals surface area contributed by atoms with Crippen molar-refractivity contribution in [3.05, 3.63) is 35.4 Å². The molecule has 0 aliphatic carbocycles. The van der Waals surface area contributed by atoms with Crippen molar-refractivity contribution < 1.29 is 4.74 Å². The number of nitrogens with one attached hydrogen (secondary N) is 1. The summed E-state index contributed by atoms with van der Waals surface area (Å²) in [6, 6.07) is 9.87.